The summed E-state index contributed by atoms with van der Waals surface area (Å²) in [6, 6.07) is 0. The Hall–Kier alpha value is -0.380. The first-order chi connectivity index (χ1) is 8.38. The molecular formula is C12H26NO4P. The van der Waals surface area contributed by atoms with Gasteiger partial charge in [-0.25, -0.2) is 0 Å². The van der Waals surface area contributed by atoms with Gasteiger partial charge in [0, 0.05) is 0 Å². The van der Waals surface area contributed by atoms with Crippen LogP contribution in [0.1, 0.15) is 53.4 Å². The van der Waals surface area contributed by atoms with Crippen molar-refractivity contribution in [3.63, 3.8) is 0 Å². The van der Waals surface area contributed by atoms with Crippen LogP contribution in [0.5, 0.6) is 0 Å². The molecule has 0 radical (unpaired) electrons. The molecule has 0 aliphatic heterocycles. The van der Waals surface area contributed by atoms with Crippen molar-refractivity contribution in [3.8, 4) is 0 Å². The van der Waals surface area contributed by atoms with Gasteiger partial charge in [-0.15, -0.1) is 0 Å². The Morgan fingerprint density at radius 2 is 2.06 bits per heavy atom. The second-order valence-corrected chi connectivity index (χ2v) is 6.85. The van der Waals surface area contributed by atoms with E-state index in [2.05, 4.69) is 19.0 Å². The zero-order valence-corrected chi connectivity index (χ0v) is 12.7. The van der Waals surface area contributed by atoms with E-state index < -0.39 is 13.3 Å². The molecule has 0 spiro atoms. The van der Waals surface area contributed by atoms with E-state index in [9.17, 15) is 9.46 Å². The number of rotatable bonds is 9. The Morgan fingerprint density at radius 1 is 1.44 bits per heavy atom. The van der Waals surface area contributed by atoms with Gasteiger partial charge in [-0.05, 0) is 26.2 Å². The van der Waals surface area contributed by atoms with E-state index in [1.165, 1.54) is 13.8 Å². The van der Waals surface area contributed by atoms with Crippen LogP contribution in [0.3, 0.4) is 0 Å². The highest BCUT2D eigenvalue weighted by atomic mass is 31.2. The minimum Gasteiger partial charge on any atom is -0.411 e. The number of nitrogens with zero attached hydrogens (tertiary/aromatic N) is 1. The summed E-state index contributed by atoms with van der Waals surface area (Å²) in [5.74, 6) is 0.309. The predicted octanol–water partition coefficient (Wildman–Crippen LogP) is 3.64. The molecule has 0 aromatic carbocycles. The van der Waals surface area contributed by atoms with Gasteiger partial charge in [0.05, 0.1) is 18.0 Å². The molecule has 0 saturated heterocycles. The monoisotopic (exact) mass is 279 g/mol. The van der Waals surface area contributed by atoms with E-state index in [0.29, 0.717) is 5.92 Å². The Morgan fingerprint density at radius 3 is 2.50 bits per heavy atom. The summed E-state index contributed by atoms with van der Waals surface area (Å²) >= 11 is 0. The topological polar surface area (TPSA) is 79.1 Å². The third-order valence-corrected chi connectivity index (χ3v) is 5.16. The maximum atomic E-state index is 11.9. The molecule has 0 saturated carbocycles. The van der Waals surface area contributed by atoms with E-state index in [1.807, 2.05) is 0 Å². The van der Waals surface area contributed by atoms with Gasteiger partial charge in [0.15, 0.2) is 0 Å². The molecule has 3 unspecified atom stereocenters. The van der Waals surface area contributed by atoms with E-state index in [1.54, 1.807) is 0 Å². The Bertz CT molecular complexity index is 306. The smallest absolute Gasteiger partial charge is 0.336 e. The maximum Gasteiger partial charge on any atom is 0.336 e. The summed E-state index contributed by atoms with van der Waals surface area (Å²) in [4.78, 5) is 9.80. The molecule has 108 valence electrons. The van der Waals surface area contributed by atoms with E-state index in [4.69, 9.17) is 9.73 Å². The minimum absolute atomic E-state index is 0.211. The van der Waals surface area contributed by atoms with E-state index >= 15 is 0 Å². The van der Waals surface area contributed by atoms with Crippen LogP contribution in [-0.4, -0.2) is 28.1 Å². The lowest BCUT2D eigenvalue weighted by atomic mass is 10.0. The highest BCUT2D eigenvalue weighted by Gasteiger charge is 2.31. The van der Waals surface area contributed by atoms with Crippen LogP contribution >= 0.6 is 7.60 Å². The van der Waals surface area contributed by atoms with Gasteiger partial charge in [-0.3, -0.25) is 4.57 Å². The van der Waals surface area contributed by atoms with Crippen LogP contribution < -0.4 is 0 Å². The van der Waals surface area contributed by atoms with Gasteiger partial charge in [0.1, 0.15) is 0 Å². The number of hydrogen-bond acceptors (Lipinski definition) is 4. The van der Waals surface area contributed by atoms with Crippen LogP contribution in [0.15, 0.2) is 5.16 Å². The SMILES string of the molecule is CCCCC(CC)COP(=O)(O)C(C)C(C)=NO. The Labute approximate surface area is 110 Å². The fraction of sp³-hybridized carbons (Fsp3) is 0.917. The van der Waals surface area contributed by atoms with Gasteiger partial charge in [0.2, 0.25) is 0 Å². The third kappa shape index (κ3) is 5.98. The van der Waals surface area contributed by atoms with Gasteiger partial charge in [-0.2, -0.15) is 0 Å². The fourth-order valence-electron chi connectivity index (χ4n) is 1.54. The molecule has 0 heterocycles. The molecule has 2 N–H and O–H groups in total. The lowest BCUT2D eigenvalue weighted by Crippen LogP contribution is -2.18. The highest BCUT2D eigenvalue weighted by molar-refractivity contribution is 7.54. The molecule has 5 nitrogen and oxygen atoms in total. The summed E-state index contributed by atoms with van der Waals surface area (Å²) in [5.41, 5.74) is -0.561. The first-order valence-corrected chi connectivity index (χ1v) is 8.19. The average Bonchev–Trinajstić information content (AvgIpc) is 2.37. The van der Waals surface area contributed by atoms with Crippen LogP contribution in [0.25, 0.3) is 0 Å². The summed E-state index contributed by atoms with van der Waals surface area (Å²) < 4.78 is 17.1. The summed E-state index contributed by atoms with van der Waals surface area (Å²) in [5, 5.41) is 11.6. The van der Waals surface area contributed by atoms with Crippen molar-refractivity contribution in [2.75, 3.05) is 6.61 Å². The van der Waals surface area contributed by atoms with Gasteiger partial charge in [-0.1, -0.05) is 38.3 Å². The number of oxime groups is 1. The van der Waals surface area contributed by atoms with Crippen molar-refractivity contribution in [1.82, 2.24) is 0 Å². The molecule has 0 rings (SSSR count). The van der Waals surface area contributed by atoms with Crippen LogP contribution in [0.2, 0.25) is 0 Å². The molecule has 3 atom stereocenters. The largest absolute Gasteiger partial charge is 0.411 e. The van der Waals surface area contributed by atoms with Crippen molar-refractivity contribution >= 4 is 13.3 Å². The molecule has 0 aromatic rings. The fourth-order valence-corrected chi connectivity index (χ4v) is 2.71. The lowest BCUT2D eigenvalue weighted by Gasteiger charge is -2.21. The Kier molecular flexibility index (Phi) is 8.49. The molecule has 0 aromatic heterocycles. The maximum absolute atomic E-state index is 11.9. The number of unbranched alkanes of at least 4 members (excludes halogenated alkanes) is 1. The molecule has 0 aliphatic rings. The molecule has 0 amide bonds. The van der Waals surface area contributed by atoms with E-state index in [-0.39, 0.29) is 12.3 Å². The highest BCUT2D eigenvalue weighted by Crippen LogP contribution is 2.48. The van der Waals surface area contributed by atoms with Crippen molar-refractivity contribution < 1.29 is 19.2 Å². The van der Waals surface area contributed by atoms with Gasteiger partial charge in [0.25, 0.3) is 0 Å². The third-order valence-electron chi connectivity index (χ3n) is 3.29. The summed E-state index contributed by atoms with van der Waals surface area (Å²) in [6.07, 6.45) is 4.15. The second-order valence-electron chi connectivity index (χ2n) is 4.69. The Balaban J connectivity index is 4.36. The van der Waals surface area contributed by atoms with Crippen molar-refractivity contribution in [3.05, 3.63) is 0 Å². The first kappa shape index (κ1) is 17.6. The van der Waals surface area contributed by atoms with Crippen molar-refractivity contribution in [2.24, 2.45) is 11.1 Å². The molecule has 18 heavy (non-hydrogen) atoms. The van der Waals surface area contributed by atoms with Crippen LogP contribution in [0, 0.1) is 5.92 Å². The lowest BCUT2D eigenvalue weighted by molar-refractivity contribution is 0.202. The second kappa shape index (κ2) is 8.68. The zero-order valence-electron chi connectivity index (χ0n) is 11.8. The molecule has 6 heteroatoms. The average molecular weight is 279 g/mol. The van der Waals surface area contributed by atoms with Crippen LogP contribution in [0.4, 0.5) is 0 Å². The summed E-state index contributed by atoms with van der Waals surface area (Å²) in [7, 11) is -3.75. The molecule has 0 aliphatic carbocycles. The molecular weight excluding hydrogens is 253 g/mol. The van der Waals surface area contributed by atoms with Gasteiger partial charge < -0.3 is 14.6 Å². The molecule has 0 bridgehead atoms. The quantitative estimate of drug-likeness (QED) is 0.292. The normalized spacial score (nSPS) is 19.3. The van der Waals surface area contributed by atoms with Gasteiger partial charge >= 0.3 is 7.60 Å². The summed E-state index contributed by atoms with van der Waals surface area (Å²) in [6.45, 7) is 7.49. The standard InChI is InChI=1S/C12H26NO4P/c1-5-7-8-12(6-2)9-17-18(15,16)11(4)10(3)13-14/h11-12,14H,5-9H2,1-4H3,(H,15,16). The van der Waals surface area contributed by atoms with Crippen molar-refractivity contribution in [1.29, 1.82) is 0 Å². The predicted molar refractivity (Wildman–Crippen MR) is 73.4 cm³/mol. The molecule has 0 fully saturated rings. The zero-order chi connectivity index (χ0) is 14.2. The number of hydrogen-bond donors (Lipinski definition) is 2. The van der Waals surface area contributed by atoms with Crippen LogP contribution in [-0.2, 0) is 9.09 Å². The minimum atomic E-state index is -3.75. The van der Waals surface area contributed by atoms with E-state index in [0.717, 1.165) is 25.7 Å². The van der Waals surface area contributed by atoms with Crippen molar-refractivity contribution in [2.45, 2.75) is 59.0 Å². The first-order valence-electron chi connectivity index (χ1n) is 6.54.